The van der Waals surface area contributed by atoms with Gasteiger partial charge in [0.2, 0.25) is 0 Å². The van der Waals surface area contributed by atoms with Crippen molar-refractivity contribution in [3.05, 3.63) is 48.3 Å². The Bertz CT molecular complexity index is 588. The number of nitrogens with one attached hydrogen (secondary N) is 1. The van der Waals surface area contributed by atoms with E-state index in [-0.39, 0.29) is 11.4 Å². The summed E-state index contributed by atoms with van der Waals surface area (Å²) in [6.45, 7) is 3.01. The van der Waals surface area contributed by atoms with E-state index < -0.39 is 0 Å². The minimum Gasteiger partial charge on any atom is -0.491 e. The summed E-state index contributed by atoms with van der Waals surface area (Å²) in [4.78, 5) is 9.46. The molecule has 0 aliphatic carbocycles. The molecular weight excluding hydrogens is 285 g/mol. The number of likely N-dealkylation sites (tertiary alicyclic amines) is 1. The molecule has 22 heavy (non-hydrogen) atoms. The van der Waals surface area contributed by atoms with Gasteiger partial charge in [-0.15, -0.1) is 0 Å². The summed E-state index contributed by atoms with van der Waals surface area (Å²) in [5.74, 6) is 0.394. The number of hydrogen-bond acceptors (Lipinski definition) is 4. The van der Waals surface area contributed by atoms with Gasteiger partial charge in [-0.1, -0.05) is 0 Å². The van der Waals surface area contributed by atoms with Crippen molar-refractivity contribution < 1.29 is 13.9 Å². The van der Waals surface area contributed by atoms with Crippen molar-refractivity contribution in [2.24, 2.45) is 0 Å². The van der Waals surface area contributed by atoms with Gasteiger partial charge >= 0.3 is 0 Å². The highest BCUT2D eigenvalue weighted by Gasteiger charge is 2.39. The second-order valence-electron chi connectivity index (χ2n) is 5.67. The van der Waals surface area contributed by atoms with Crippen molar-refractivity contribution in [3.63, 3.8) is 0 Å². The van der Waals surface area contributed by atoms with E-state index in [1.807, 2.05) is 6.20 Å². The summed E-state index contributed by atoms with van der Waals surface area (Å²) in [5.41, 5.74) is 0.764. The molecule has 2 aromatic rings. The average molecular weight is 305 g/mol. The van der Waals surface area contributed by atoms with Crippen LogP contribution < -0.4 is 4.74 Å². The molecule has 3 rings (SSSR count). The van der Waals surface area contributed by atoms with E-state index >= 15 is 0 Å². The Morgan fingerprint density at radius 1 is 1.36 bits per heavy atom. The monoisotopic (exact) mass is 305 g/mol. The molecule has 1 aliphatic rings. The lowest BCUT2D eigenvalue weighted by atomic mass is 10.0. The third-order valence-electron chi connectivity index (χ3n) is 4.09. The topological polar surface area (TPSA) is 50.4 Å². The van der Waals surface area contributed by atoms with Crippen LogP contribution in [0.25, 0.3) is 0 Å². The molecule has 0 radical (unpaired) electrons. The zero-order chi connectivity index (χ0) is 15.4. The van der Waals surface area contributed by atoms with Crippen molar-refractivity contribution in [2.45, 2.75) is 18.6 Å². The van der Waals surface area contributed by atoms with Gasteiger partial charge in [0.15, 0.2) is 0 Å². The Balaban J connectivity index is 1.57. The number of ether oxygens (including phenoxy) is 2. The molecule has 0 saturated carbocycles. The molecule has 0 amide bonds. The summed E-state index contributed by atoms with van der Waals surface area (Å²) in [5, 5.41) is 0. The summed E-state index contributed by atoms with van der Waals surface area (Å²) < 4.78 is 24.4. The number of aromatic amines is 1. The van der Waals surface area contributed by atoms with Crippen molar-refractivity contribution in [2.75, 3.05) is 26.8 Å². The predicted molar refractivity (Wildman–Crippen MR) is 80.1 cm³/mol. The van der Waals surface area contributed by atoms with Gasteiger partial charge in [-0.2, -0.15) is 0 Å². The van der Waals surface area contributed by atoms with Crippen LogP contribution in [0.4, 0.5) is 4.39 Å². The van der Waals surface area contributed by atoms with Gasteiger partial charge in [-0.3, -0.25) is 4.90 Å². The highest BCUT2D eigenvalue weighted by atomic mass is 19.1. The Morgan fingerprint density at radius 3 is 2.86 bits per heavy atom. The maximum atomic E-state index is 12.9. The first kappa shape index (κ1) is 15.0. The summed E-state index contributed by atoms with van der Waals surface area (Å²) in [6, 6.07) is 6.06. The fraction of sp³-hybridized carbons (Fsp3) is 0.438. The van der Waals surface area contributed by atoms with Gasteiger partial charge in [0.25, 0.3) is 0 Å². The Kier molecular flexibility index (Phi) is 4.40. The number of benzene rings is 1. The van der Waals surface area contributed by atoms with Crippen LogP contribution in [0.2, 0.25) is 0 Å². The number of halogens is 1. The van der Waals surface area contributed by atoms with E-state index in [0.29, 0.717) is 12.4 Å². The molecule has 1 fully saturated rings. The molecule has 1 aliphatic heterocycles. The number of methoxy groups -OCH3 is 1. The Labute approximate surface area is 129 Å². The maximum absolute atomic E-state index is 12.9. The Hall–Kier alpha value is -1.92. The lowest BCUT2D eigenvalue weighted by Crippen LogP contribution is -2.41. The SMILES string of the molecule is CO[C@@]1(COc2ccc(F)cc2)CCN(Cc2cnc[nH]2)C1. The smallest absolute Gasteiger partial charge is 0.123 e. The molecular formula is C16H20FN3O2. The van der Waals surface area contributed by atoms with Gasteiger partial charge in [0.1, 0.15) is 23.8 Å². The number of rotatable bonds is 6. The highest BCUT2D eigenvalue weighted by molar-refractivity contribution is 5.22. The first-order valence-electron chi connectivity index (χ1n) is 7.32. The van der Waals surface area contributed by atoms with Crippen LogP contribution in [0, 0.1) is 5.82 Å². The highest BCUT2D eigenvalue weighted by Crippen LogP contribution is 2.27. The molecule has 6 heteroatoms. The van der Waals surface area contributed by atoms with Gasteiger partial charge in [-0.25, -0.2) is 9.37 Å². The van der Waals surface area contributed by atoms with Crippen LogP contribution >= 0.6 is 0 Å². The first-order chi connectivity index (χ1) is 10.7. The lowest BCUT2D eigenvalue weighted by molar-refractivity contribution is -0.0360. The van der Waals surface area contributed by atoms with Crippen LogP contribution in [0.15, 0.2) is 36.8 Å². The normalized spacial score (nSPS) is 22.1. The summed E-state index contributed by atoms with van der Waals surface area (Å²) in [6.07, 6.45) is 4.42. The molecule has 0 unspecified atom stereocenters. The standard InChI is InChI=1S/C16H20FN3O2/c1-21-16(11-22-15-4-2-13(17)3-5-15)6-7-20(10-16)9-14-8-18-12-19-14/h2-5,8,12H,6-7,9-11H2,1H3,(H,18,19)/t16-/m0/s1. The van der Waals surface area contributed by atoms with E-state index in [0.717, 1.165) is 31.7 Å². The van der Waals surface area contributed by atoms with Crippen LogP contribution in [-0.2, 0) is 11.3 Å². The van der Waals surface area contributed by atoms with E-state index in [1.54, 1.807) is 25.6 Å². The molecule has 0 bridgehead atoms. The first-order valence-corrected chi connectivity index (χ1v) is 7.32. The van der Waals surface area contributed by atoms with Gasteiger partial charge in [0, 0.05) is 38.6 Å². The predicted octanol–water partition coefficient (Wildman–Crippen LogP) is 2.22. The number of nitrogens with zero attached hydrogens (tertiary/aromatic N) is 2. The average Bonchev–Trinajstić information content (AvgIpc) is 3.18. The number of hydrogen-bond donors (Lipinski definition) is 1. The van der Waals surface area contributed by atoms with Crippen LogP contribution in [0.5, 0.6) is 5.75 Å². The lowest BCUT2D eigenvalue weighted by Gasteiger charge is -2.28. The fourth-order valence-electron chi connectivity index (χ4n) is 2.76. The van der Waals surface area contributed by atoms with Gasteiger partial charge < -0.3 is 14.5 Å². The van der Waals surface area contributed by atoms with Gasteiger partial charge in [-0.05, 0) is 30.7 Å². The zero-order valence-corrected chi connectivity index (χ0v) is 12.6. The molecule has 5 nitrogen and oxygen atoms in total. The van der Waals surface area contributed by atoms with E-state index in [4.69, 9.17) is 9.47 Å². The van der Waals surface area contributed by atoms with Crippen molar-refractivity contribution in [1.82, 2.24) is 14.9 Å². The van der Waals surface area contributed by atoms with E-state index in [9.17, 15) is 4.39 Å². The van der Waals surface area contributed by atoms with Gasteiger partial charge in [0.05, 0.1) is 6.33 Å². The molecule has 118 valence electrons. The van der Waals surface area contributed by atoms with E-state index in [2.05, 4.69) is 14.9 Å². The second kappa shape index (κ2) is 6.46. The fourth-order valence-corrected chi connectivity index (χ4v) is 2.76. The molecule has 1 aromatic carbocycles. The van der Waals surface area contributed by atoms with Crippen molar-refractivity contribution >= 4 is 0 Å². The van der Waals surface area contributed by atoms with Crippen LogP contribution in [0.3, 0.4) is 0 Å². The minimum absolute atomic E-state index is 0.264. The molecule has 2 heterocycles. The van der Waals surface area contributed by atoms with Crippen molar-refractivity contribution in [3.8, 4) is 5.75 Å². The summed E-state index contributed by atoms with van der Waals surface area (Å²) in [7, 11) is 1.72. The maximum Gasteiger partial charge on any atom is 0.123 e. The quantitative estimate of drug-likeness (QED) is 0.889. The van der Waals surface area contributed by atoms with Crippen molar-refractivity contribution in [1.29, 1.82) is 0 Å². The third-order valence-corrected chi connectivity index (χ3v) is 4.09. The van der Waals surface area contributed by atoms with Crippen LogP contribution in [-0.4, -0.2) is 47.3 Å². The van der Waals surface area contributed by atoms with E-state index in [1.165, 1.54) is 12.1 Å². The minimum atomic E-state index is -0.325. The number of H-pyrrole nitrogens is 1. The summed E-state index contributed by atoms with van der Waals surface area (Å²) >= 11 is 0. The number of aromatic nitrogens is 2. The molecule has 1 N–H and O–H groups in total. The molecule has 1 aromatic heterocycles. The third kappa shape index (κ3) is 3.45. The largest absolute Gasteiger partial charge is 0.491 e. The second-order valence-corrected chi connectivity index (χ2v) is 5.67. The Morgan fingerprint density at radius 2 is 2.18 bits per heavy atom. The van der Waals surface area contributed by atoms with Crippen LogP contribution in [0.1, 0.15) is 12.1 Å². The zero-order valence-electron chi connectivity index (χ0n) is 12.6. The number of imidazole rings is 1. The molecule has 0 spiro atoms. The molecule has 1 atom stereocenters. The molecule has 1 saturated heterocycles.